The van der Waals surface area contributed by atoms with Gasteiger partial charge in [0.1, 0.15) is 0 Å². The average Bonchev–Trinajstić information content (AvgIpc) is 2.29. The van der Waals surface area contributed by atoms with Gasteiger partial charge in [0.05, 0.1) is 12.9 Å². The van der Waals surface area contributed by atoms with Gasteiger partial charge in [-0.3, -0.25) is 4.79 Å². The maximum atomic E-state index is 11.7. The summed E-state index contributed by atoms with van der Waals surface area (Å²) in [5.41, 5.74) is 0. The molecule has 0 saturated carbocycles. The Kier molecular flexibility index (Phi) is 5.87. The number of hydrogen-bond acceptors (Lipinski definition) is 5. The van der Waals surface area contributed by atoms with Crippen molar-refractivity contribution in [3.05, 3.63) is 0 Å². The molecule has 0 aromatic carbocycles. The van der Waals surface area contributed by atoms with E-state index in [1.807, 2.05) is 0 Å². The first-order valence-electron chi connectivity index (χ1n) is 5.68. The quantitative estimate of drug-likeness (QED) is 0.686. The second-order valence-corrected chi connectivity index (χ2v) is 5.88. The van der Waals surface area contributed by atoms with Gasteiger partial charge in [0.25, 0.3) is 0 Å². The van der Waals surface area contributed by atoms with Crippen molar-refractivity contribution in [1.82, 2.24) is 4.72 Å². The van der Waals surface area contributed by atoms with E-state index in [0.29, 0.717) is 26.1 Å². The number of esters is 1. The van der Waals surface area contributed by atoms with Gasteiger partial charge in [-0.25, -0.2) is 13.1 Å². The molecule has 1 aliphatic heterocycles. The van der Waals surface area contributed by atoms with Crippen molar-refractivity contribution in [3.8, 4) is 0 Å². The average molecular weight is 265 g/mol. The van der Waals surface area contributed by atoms with Gasteiger partial charge in [-0.05, 0) is 19.3 Å². The highest BCUT2D eigenvalue weighted by Crippen LogP contribution is 2.08. The molecule has 0 unspecified atom stereocenters. The Hall–Kier alpha value is -0.660. The zero-order valence-corrected chi connectivity index (χ0v) is 10.8. The summed E-state index contributed by atoms with van der Waals surface area (Å²) in [6, 6.07) is -0.0353. The van der Waals surface area contributed by atoms with E-state index in [-0.39, 0.29) is 30.6 Å². The van der Waals surface area contributed by atoms with Crippen LogP contribution < -0.4 is 4.72 Å². The maximum Gasteiger partial charge on any atom is 0.305 e. The van der Waals surface area contributed by atoms with E-state index in [4.69, 9.17) is 4.74 Å². The molecule has 0 atom stereocenters. The second-order valence-electron chi connectivity index (χ2n) is 4.00. The van der Waals surface area contributed by atoms with E-state index in [1.54, 1.807) is 0 Å². The van der Waals surface area contributed by atoms with E-state index in [1.165, 1.54) is 7.11 Å². The van der Waals surface area contributed by atoms with Crippen molar-refractivity contribution < 1.29 is 22.7 Å². The fourth-order valence-corrected chi connectivity index (χ4v) is 3.02. The lowest BCUT2D eigenvalue weighted by atomic mass is 10.1. The molecule has 1 heterocycles. The third-order valence-electron chi connectivity index (χ3n) is 2.59. The lowest BCUT2D eigenvalue weighted by molar-refractivity contribution is -0.140. The summed E-state index contributed by atoms with van der Waals surface area (Å²) in [6.45, 7) is 1.19. The Morgan fingerprint density at radius 1 is 1.41 bits per heavy atom. The van der Waals surface area contributed by atoms with Crippen LogP contribution in [0.2, 0.25) is 0 Å². The molecule has 1 saturated heterocycles. The summed E-state index contributed by atoms with van der Waals surface area (Å²) in [6.07, 6.45) is 1.82. The molecule has 0 aliphatic carbocycles. The summed E-state index contributed by atoms with van der Waals surface area (Å²) in [5, 5.41) is 0. The minimum atomic E-state index is -3.30. The summed E-state index contributed by atoms with van der Waals surface area (Å²) in [5.74, 6) is -0.425. The van der Waals surface area contributed by atoms with Gasteiger partial charge in [-0.2, -0.15) is 0 Å². The van der Waals surface area contributed by atoms with Crippen molar-refractivity contribution in [2.24, 2.45) is 0 Å². The highest BCUT2D eigenvalue weighted by Gasteiger charge is 2.20. The molecule has 1 fully saturated rings. The molecule has 0 amide bonds. The molecule has 0 radical (unpaired) electrons. The van der Waals surface area contributed by atoms with Gasteiger partial charge in [0.15, 0.2) is 0 Å². The molecule has 7 heteroatoms. The molecule has 1 N–H and O–H groups in total. The number of sulfonamides is 1. The Bertz CT molecular complexity index is 335. The largest absolute Gasteiger partial charge is 0.469 e. The van der Waals surface area contributed by atoms with Crippen LogP contribution in [0, 0.1) is 0 Å². The van der Waals surface area contributed by atoms with E-state index in [9.17, 15) is 13.2 Å². The van der Waals surface area contributed by atoms with Crippen LogP contribution in [-0.4, -0.2) is 46.5 Å². The second kappa shape index (κ2) is 6.93. The van der Waals surface area contributed by atoms with Crippen molar-refractivity contribution in [2.45, 2.75) is 31.7 Å². The van der Waals surface area contributed by atoms with Gasteiger partial charge in [-0.1, -0.05) is 0 Å². The van der Waals surface area contributed by atoms with Gasteiger partial charge in [0, 0.05) is 25.7 Å². The molecular formula is C10H19NO5S. The van der Waals surface area contributed by atoms with Crippen molar-refractivity contribution in [1.29, 1.82) is 0 Å². The minimum absolute atomic E-state index is 0.0353. The number of rotatable bonds is 6. The number of hydrogen-bond donors (Lipinski definition) is 1. The topological polar surface area (TPSA) is 81.7 Å². The molecular weight excluding hydrogens is 246 g/mol. The monoisotopic (exact) mass is 265 g/mol. The fraction of sp³-hybridized carbons (Fsp3) is 0.900. The number of carbonyl (C=O) groups is 1. The van der Waals surface area contributed by atoms with E-state index < -0.39 is 10.0 Å². The molecule has 6 nitrogen and oxygen atoms in total. The van der Waals surface area contributed by atoms with E-state index >= 15 is 0 Å². The van der Waals surface area contributed by atoms with Gasteiger partial charge < -0.3 is 9.47 Å². The molecule has 0 aromatic heterocycles. The molecule has 0 spiro atoms. The van der Waals surface area contributed by atoms with Crippen molar-refractivity contribution in [2.75, 3.05) is 26.1 Å². The lowest BCUT2D eigenvalue weighted by Crippen LogP contribution is -2.40. The van der Waals surface area contributed by atoms with Gasteiger partial charge in [0.2, 0.25) is 10.0 Å². The molecule has 100 valence electrons. The number of carbonyl (C=O) groups excluding carboxylic acids is 1. The van der Waals surface area contributed by atoms with Crippen LogP contribution >= 0.6 is 0 Å². The standard InChI is InChI=1S/C10H19NO5S/c1-15-10(12)3-2-8-17(13,14)11-9-4-6-16-7-5-9/h9,11H,2-8H2,1H3. The van der Waals surface area contributed by atoms with Crippen LogP contribution in [0.3, 0.4) is 0 Å². The zero-order valence-electron chi connectivity index (χ0n) is 9.98. The van der Waals surface area contributed by atoms with E-state index in [2.05, 4.69) is 9.46 Å². The fourth-order valence-electron chi connectivity index (χ4n) is 1.64. The Morgan fingerprint density at radius 2 is 2.06 bits per heavy atom. The third-order valence-corrected chi connectivity index (χ3v) is 4.11. The highest BCUT2D eigenvalue weighted by molar-refractivity contribution is 7.89. The number of ether oxygens (including phenoxy) is 2. The third kappa shape index (κ3) is 5.99. The zero-order chi connectivity index (χ0) is 12.7. The summed E-state index contributed by atoms with van der Waals surface area (Å²) in [7, 11) is -2.01. The first-order valence-corrected chi connectivity index (χ1v) is 7.33. The maximum absolute atomic E-state index is 11.7. The smallest absolute Gasteiger partial charge is 0.305 e. The highest BCUT2D eigenvalue weighted by atomic mass is 32.2. The normalized spacial score (nSPS) is 17.9. The molecule has 17 heavy (non-hydrogen) atoms. The first-order chi connectivity index (χ1) is 8.03. The van der Waals surface area contributed by atoms with Crippen LogP contribution in [0.4, 0.5) is 0 Å². The van der Waals surface area contributed by atoms with Gasteiger partial charge in [-0.15, -0.1) is 0 Å². The van der Waals surface area contributed by atoms with Crippen LogP contribution in [0.25, 0.3) is 0 Å². The SMILES string of the molecule is COC(=O)CCCS(=O)(=O)NC1CCOCC1. The molecule has 1 aliphatic rings. The van der Waals surface area contributed by atoms with Crippen LogP contribution in [0.1, 0.15) is 25.7 Å². The predicted octanol–water partition coefficient (Wildman–Crippen LogP) is 0.0380. The predicted molar refractivity (Wildman–Crippen MR) is 62.0 cm³/mol. The molecule has 0 bridgehead atoms. The Balaban J connectivity index is 2.27. The molecule has 0 aromatic rings. The first kappa shape index (κ1) is 14.4. The van der Waals surface area contributed by atoms with Crippen LogP contribution in [0.5, 0.6) is 0 Å². The number of methoxy groups -OCH3 is 1. The lowest BCUT2D eigenvalue weighted by Gasteiger charge is -2.22. The molecule has 1 rings (SSSR count). The van der Waals surface area contributed by atoms with Crippen molar-refractivity contribution >= 4 is 16.0 Å². The van der Waals surface area contributed by atoms with Crippen LogP contribution in [0.15, 0.2) is 0 Å². The summed E-state index contributed by atoms with van der Waals surface area (Å²) >= 11 is 0. The minimum Gasteiger partial charge on any atom is -0.469 e. The Labute approximate surface area is 102 Å². The van der Waals surface area contributed by atoms with Gasteiger partial charge >= 0.3 is 5.97 Å². The van der Waals surface area contributed by atoms with E-state index in [0.717, 1.165) is 0 Å². The van der Waals surface area contributed by atoms with Crippen molar-refractivity contribution in [3.63, 3.8) is 0 Å². The summed E-state index contributed by atoms with van der Waals surface area (Å²) in [4.78, 5) is 10.8. The van der Waals surface area contributed by atoms with Crippen LogP contribution in [-0.2, 0) is 24.3 Å². The Morgan fingerprint density at radius 3 is 2.65 bits per heavy atom. The number of nitrogens with one attached hydrogen (secondary N) is 1. The summed E-state index contributed by atoms with van der Waals surface area (Å²) < 4.78 is 35.5.